The number of nitrogens with one attached hydrogen (secondary N) is 1. The molecule has 150 valence electrons. The zero-order chi connectivity index (χ0) is 20.8. The molecule has 0 spiro atoms. The van der Waals surface area contributed by atoms with Crippen LogP contribution >= 0.6 is 11.6 Å². The molecule has 3 rings (SSSR count). The minimum atomic E-state index is -0.416. The van der Waals surface area contributed by atoms with Crippen LogP contribution in [0.1, 0.15) is 42.2 Å². The maximum Gasteiger partial charge on any atom is 0.261 e. The Morgan fingerprint density at radius 1 is 1.03 bits per heavy atom. The number of carbonyl (C=O) groups is 1. The zero-order valence-corrected chi connectivity index (χ0v) is 17.5. The second-order valence-corrected chi connectivity index (χ2v) is 7.50. The van der Waals surface area contributed by atoms with E-state index in [0.29, 0.717) is 16.4 Å². The van der Waals surface area contributed by atoms with Gasteiger partial charge in [-0.25, -0.2) is 0 Å². The Morgan fingerprint density at radius 3 is 2.48 bits per heavy atom. The number of anilines is 1. The molecule has 0 saturated heterocycles. The molecule has 1 N–H and O–H groups in total. The molecule has 5 heteroatoms. The van der Waals surface area contributed by atoms with Crippen molar-refractivity contribution in [2.45, 2.75) is 39.7 Å². The van der Waals surface area contributed by atoms with Crippen LogP contribution in [-0.4, -0.2) is 10.5 Å². The average molecular weight is 409 g/mol. The first-order valence-electron chi connectivity index (χ1n) is 9.88. The van der Waals surface area contributed by atoms with E-state index in [4.69, 9.17) is 11.6 Å². The second kappa shape index (κ2) is 9.57. The first kappa shape index (κ1) is 20.9. The van der Waals surface area contributed by atoms with E-state index in [0.717, 1.165) is 37.1 Å². The number of halogens is 1. The quantitative estimate of drug-likeness (QED) is 0.493. The summed E-state index contributed by atoms with van der Waals surface area (Å²) in [6.45, 7) is 4.78. The molecule has 0 unspecified atom stereocenters. The number of aryl methyl sites for hydroxylation is 1. The fourth-order valence-electron chi connectivity index (χ4n) is 3.45. The number of para-hydroxylation sites is 1. The van der Waals surface area contributed by atoms with Crippen molar-refractivity contribution < 1.29 is 4.79 Å². The van der Waals surface area contributed by atoms with Crippen LogP contribution in [0.2, 0.25) is 5.02 Å². The molecule has 1 heterocycles. The van der Waals surface area contributed by atoms with Crippen LogP contribution in [0.25, 0.3) is 11.3 Å². The number of amides is 1. The van der Waals surface area contributed by atoms with Gasteiger partial charge in [0.2, 0.25) is 0 Å². The molecule has 3 aromatic rings. The van der Waals surface area contributed by atoms with Crippen LogP contribution in [0.4, 0.5) is 5.69 Å². The minimum Gasteiger partial charge on any atom is -0.344 e. The lowest BCUT2D eigenvalue weighted by Gasteiger charge is -2.20. The minimum absolute atomic E-state index is 0.137. The Labute approximate surface area is 176 Å². The van der Waals surface area contributed by atoms with Crippen molar-refractivity contribution in [1.82, 2.24) is 4.57 Å². The van der Waals surface area contributed by atoms with Gasteiger partial charge in [0.15, 0.2) is 5.43 Å². The lowest BCUT2D eigenvalue weighted by molar-refractivity contribution is 0.102. The molecule has 1 amide bonds. The van der Waals surface area contributed by atoms with Gasteiger partial charge in [-0.2, -0.15) is 0 Å². The van der Waals surface area contributed by atoms with E-state index in [2.05, 4.69) is 16.8 Å². The monoisotopic (exact) mass is 408 g/mol. The SMILES string of the molecule is CCCCCn1c(C)cc(=O)c(C(=O)Nc2ccccc2)c1-c1cccc(Cl)c1. The summed E-state index contributed by atoms with van der Waals surface area (Å²) in [4.78, 5) is 26.1. The van der Waals surface area contributed by atoms with Gasteiger partial charge in [-0.05, 0) is 37.6 Å². The molecule has 0 aliphatic heterocycles. The lowest BCUT2D eigenvalue weighted by atomic mass is 10.0. The van der Waals surface area contributed by atoms with Gasteiger partial charge in [-0.15, -0.1) is 0 Å². The van der Waals surface area contributed by atoms with Crippen LogP contribution in [0.5, 0.6) is 0 Å². The van der Waals surface area contributed by atoms with Gasteiger partial charge in [-0.3, -0.25) is 9.59 Å². The number of rotatable bonds is 7. The second-order valence-electron chi connectivity index (χ2n) is 7.06. The summed E-state index contributed by atoms with van der Waals surface area (Å²) in [6.07, 6.45) is 3.13. The molecule has 0 radical (unpaired) electrons. The number of hydrogen-bond acceptors (Lipinski definition) is 2. The molecule has 0 fully saturated rings. The lowest BCUT2D eigenvalue weighted by Crippen LogP contribution is -2.26. The summed E-state index contributed by atoms with van der Waals surface area (Å²) in [5, 5.41) is 3.41. The van der Waals surface area contributed by atoms with Crippen molar-refractivity contribution in [1.29, 1.82) is 0 Å². The highest BCUT2D eigenvalue weighted by Gasteiger charge is 2.22. The van der Waals surface area contributed by atoms with Crippen molar-refractivity contribution in [3.8, 4) is 11.3 Å². The predicted octanol–water partition coefficient (Wildman–Crippen LogP) is 5.92. The van der Waals surface area contributed by atoms with E-state index < -0.39 is 5.91 Å². The van der Waals surface area contributed by atoms with Gasteiger partial charge in [0.05, 0.1) is 5.69 Å². The Bertz CT molecular complexity index is 1060. The maximum absolute atomic E-state index is 13.2. The molecule has 0 saturated carbocycles. The van der Waals surface area contributed by atoms with Gasteiger partial charge >= 0.3 is 0 Å². The van der Waals surface area contributed by atoms with E-state index in [1.807, 2.05) is 37.3 Å². The molecular weight excluding hydrogens is 384 g/mol. The summed E-state index contributed by atoms with van der Waals surface area (Å²) in [5.41, 5.74) is 2.69. The first-order chi connectivity index (χ1) is 14.0. The third-order valence-electron chi connectivity index (χ3n) is 4.86. The van der Waals surface area contributed by atoms with Gasteiger partial charge in [0.1, 0.15) is 5.56 Å². The van der Waals surface area contributed by atoms with Crippen molar-refractivity contribution in [3.05, 3.63) is 87.2 Å². The van der Waals surface area contributed by atoms with Gasteiger partial charge in [0.25, 0.3) is 5.91 Å². The Morgan fingerprint density at radius 2 is 1.79 bits per heavy atom. The third-order valence-corrected chi connectivity index (χ3v) is 5.10. The third kappa shape index (κ3) is 4.96. The Balaban J connectivity index is 2.16. The van der Waals surface area contributed by atoms with Crippen LogP contribution in [0, 0.1) is 6.92 Å². The van der Waals surface area contributed by atoms with Crippen LogP contribution in [-0.2, 0) is 6.54 Å². The number of pyridine rings is 1. The molecule has 0 bridgehead atoms. The number of hydrogen-bond donors (Lipinski definition) is 1. The Hall–Kier alpha value is -2.85. The number of nitrogens with zero attached hydrogens (tertiary/aromatic N) is 1. The van der Waals surface area contributed by atoms with E-state index in [9.17, 15) is 9.59 Å². The topological polar surface area (TPSA) is 51.1 Å². The number of benzene rings is 2. The summed E-state index contributed by atoms with van der Waals surface area (Å²) in [7, 11) is 0. The molecule has 4 nitrogen and oxygen atoms in total. The maximum atomic E-state index is 13.2. The summed E-state index contributed by atoms with van der Waals surface area (Å²) in [6, 6.07) is 18.0. The molecule has 0 aliphatic carbocycles. The van der Waals surface area contributed by atoms with E-state index in [-0.39, 0.29) is 11.0 Å². The van der Waals surface area contributed by atoms with E-state index in [1.54, 1.807) is 30.3 Å². The van der Waals surface area contributed by atoms with Crippen molar-refractivity contribution in [3.63, 3.8) is 0 Å². The first-order valence-corrected chi connectivity index (χ1v) is 10.3. The highest BCUT2D eigenvalue weighted by molar-refractivity contribution is 6.30. The van der Waals surface area contributed by atoms with Gasteiger partial charge in [0, 0.05) is 34.6 Å². The summed E-state index contributed by atoms with van der Waals surface area (Å²) >= 11 is 6.23. The molecule has 0 atom stereocenters. The smallest absolute Gasteiger partial charge is 0.261 e. The number of unbranched alkanes of at least 4 members (excludes halogenated alkanes) is 2. The molecular formula is C24H25ClN2O2. The standard InChI is InChI=1S/C24H25ClN2O2/c1-3-4-8-14-27-17(2)15-21(28)22(23(27)18-10-9-11-19(25)16-18)24(29)26-20-12-6-5-7-13-20/h5-7,9-13,15-16H,3-4,8,14H2,1-2H3,(H,26,29). The fourth-order valence-corrected chi connectivity index (χ4v) is 3.64. The van der Waals surface area contributed by atoms with E-state index >= 15 is 0 Å². The fraction of sp³-hybridized carbons (Fsp3) is 0.250. The van der Waals surface area contributed by atoms with Crippen LogP contribution in [0.3, 0.4) is 0 Å². The van der Waals surface area contributed by atoms with Gasteiger partial charge in [-0.1, -0.05) is 61.7 Å². The largest absolute Gasteiger partial charge is 0.344 e. The molecule has 0 aliphatic rings. The predicted molar refractivity (Wildman–Crippen MR) is 120 cm³/mol. The summed E-state index contributed by atoms with van der Waals surface area (Å²) in [5.74, 6) is -0.416. The van der Waals surface area contributed by atoms with Crippen molar-refractivity contribution in [2.75, 3.05) is 5.32 Å². The van der Waals surface area contributed by atoms with Crippen molar-refractivity contribution in [2.24, 2.45) is 0 Å². The highest BCUT2D eigenvalue weighted by Crippen LogP contribution is 2.27. The average Bonchev–Trinajstić information content (AvgIpc) is 2.70. The highest BCUT2D eigenvalue weighted by atomic mass is 35.5. The zero-order valence-electron chi connectivity index (χ0n) is 16.7. The number of carbonyl (C=O) groups excluding carboxylic acids is 1. The van der Waals surface area contributed by atoms with Gasteiger partial charge < -0.3 is 9.88 Å². The number of aromatic nitrogens is 1. The molecule has 1 aromatic heterocycles. The van der Waals surface area contributed by atoms with Crippen LogP contribution < -0.4 is 10.7 Å². The molecule has 2 aromatic carbocycles. The molecule has 29 heavy (non-hydrogen) atoms. The van der Waals surface area contributed by atoms with Crippen molar-refractivity contribution >= 4 is 23.2 Å². The normalized spacial score (nSPS) is 10.7. The Kier molecular flexibility index (Phi) is 6.89. The summed E-state index contributed by atoms with van der Waals surface area (Å²) < 4.78 is 2.06. The van der Waals surface area contributed by atoms with E-state index in [1.165, 1.54) is 0 Å². The van der Waals surface area contributed by atoms with Crippen LogP contribution in [0.15, 0.2) is 65.5 Å².